The molecule has 102 valence electrons. The highest BCUT2D eigenvalue weighted by molar-refractivity contribution is 5.84. The zero-order valence-corrected chi connectivity index (χ0v) is 11.6. The summed E-state index contributed by atoms with van der Waals surface area (Å²) >= 11 is 0. The molecule has 0 aromatic heterocycles. The van der Waals surface area contributed by atoms with Gasteiger partial charge in [-0.25, -0.2) is 0 Å². The van der Waals surface area contributed by atoms with Crippen LogP contribution in [0.3, 0.4) is 0 Å². The average Bonchev–Trinajstić information content (AvgIpc) is 2.29. The van der Waals surface area contributed by atoms with Crippen LogP contribution < -0.4 is 4.74 Å². The average molecular weight is 260 g/mol. The van der Waals surface area contributed by atoms with Gasteiger partial charge in [-0.15, -0.1) is 0 Å². The summed E-state index contributed by atoms with van der Waals surface area (Å²) in [5.41, 5.74) is 3.84. The van der Waals surface area contributed by atoms with Crippen molar-refractivity contribution in [1.82, 2.24) is 0 Å². The summed E-state index contributed by atoms with van der Waals surface area (Å²) in [6, 6.07) is 4.20. The quantitative estimate of drug-likeness (QED) is 0.780. The molecule has 1 unspecified atom stereocenters. The van der Waals surface area contributed by atoms with Gasteiger partial charge in [0.05, 0.1) is 19.6 Å². The highest BCUT2D eigenvalue weighted by Crippen LogP contribution is 2.49. The Labute approximate surface area is 113 Å². The van der Waals surface area contributed by atoms with Crippen molar-refractivity contribution in [2.45, 2.75) is 44.4 Å². The van der Waals surface area contributed by atoms with E-state index in [0.29, 0.717) is 12.5 Å². The van der Waals surface area contributed by atoms with Gasteiger partial charge < -0.3 is 9.47 Å². The van der Waals surface area contributed by atoms with Gasteiger partial charge >= 0.3 is 5.97 Å². The Hall–Kier alpha value is -1.51. The minimum Gasteiger partial charge on any atom is -0.496 e. The predicted octanol–water partition coefficient (Wildman–Crippen LogP) is 3.17. The van der Waals surface area contributed by atoms with E-state index >= 15 is 0 Å². The predicted molar refractivity (Wildman–Crippen MR) is 72.7 cm³/mol. The molecule has 0 radical (unpaired) electrons. The Morgan fingerprint density at radius 1 is 1.37 bits per heavy atom. The second-order valence-electron chi connectivity index (χ2n) is 5.39. The lowest BCUT2D eigenvalue weighted by atomic mass is 9.68. The molecule has 3 rings (SSSR count). The topological polar surface area (TPSA) is 35.5 Å². The molecule has 1 fully saturated rings. The number of rotatable bonds is 4. The number of carbonyl (C=O) groups excluding carboxylic acids is 1. The van der Waals surface area contributed by atoms with Crippen LogP contribution in [0, 0.1) is 0 Å². The van der Waals surface area contributed by atoms with Crippen molar-refractivity contribution in [3.05, 3.63) is 28.8 Å². The molecule has 1 atom stereocenters. The molecule has 1 aromatic carbocycles. The molecule has 0 heterocycles. The maximum atomic E-state index is 11.9. The van der Waals surface area contributed by atoms with Gasteiger partial charge in [0.2, 0.25) is 0 Å². The lowest BCUT2D eigenvalue weighted by Crippen LogP contribution is -2.30. The number of hydrogen-bond donors (Lipinski definition) is 0. The van der Waals surface area contributed by atoms with Crippen LogP contribution in [0.2, 0.25) is 0 Å². The maximum absolute atomic E-state index is 11.9. The largest absolute Gasteiger partial charge is 0.496 e. The maximum Gasteiger partial charge on any atom is 0.313 e. The van der Waals surface area contributed by atoms with Crippen LogP contribution in [0.5, 0.6) is 5.75 Å². The summed E-state index contributed by atoms with van der Waals surface area (Å²) in [4.78, 5) is 11.9. The van der Waals surface area contributed by atoms with Gasteiger partial charge in [-0.05, 0) is 49.3 Å². The van der Waals surface area contributed by atoms with Crippen LogP contribution in [0.15, 0.2) is 12.1 Å². The minimum atomic E-state index is -0.120. The van der Waals surface area contributed by atoms with E-state index in [4.69, 9.17) is 9.47 Å². The third kappa shape index (κ3) is 1.92. The first-order valence-corrected chi connectivity index (χ1v) is 7.12. The normalized spacial score (nSPS) is 21.1. The van der Waals surface area contributed by atoms with Crippen molar-refractivity contribution in [2.75, 3.05) is 13.7 Å². The molecule has 19 heavy (non-hydrogen) atoms. The first-order chi connectivity index (χ1) is 9.26. The third-order valence-corrected chi connectivity index (χ3v) is 4.45. The molecule has 0 aliphatic heterocycles. The van der Waals surface area contributed by atoms with E-state index in [2.05, 4.69) is 6.07 Å². The number of methoxy groups -OCH3 is 1. The standard InChI is InChI=1S/C16H20O3/c1-3-19-16(17)13-9-12-11(10-5-4-6-10)7-8-14(18-2)15(12)13/h7-8,10,13H,3-6,9H2,1-2H3. The van der Waals surface area contributed by atoms with Gasteiger partial charge in [0, 0.05) is 5.56 Å². The van der Waals surface area contributed by atoms with Crippen molar-refractivity contribution in [1.29, 1.82) is 0 Å². The Morgan fingerprint density at radius 2 is 2.16 bits per heavy atom. The van der Waals surface area contributed by atoms with Crippen molar-refractivity contribution >= 4 is 5.97 Å². The van der Waals surface area contributed by atoms with E-state index in [1.54, 1.807) is 7.11 Å². The summed E-state index contributed by atoms with van der Waals surface area (Å²) in [5.74, 6) is 1.30. The Morgan fingerprint density at radius 3 is 2.74 bits per heavy atom. The molecule has 2 aliphatic rings. The second-order valence-corrected chi connectivity index (χ2v) is 5.39. The van der Waals surface area contributed by atoms with Crippen LogP contribution in [0.4, 0.5) is 0 Å². The molecule has 0 N–H and O–H groups in total. The SMILES string of the molecule is CCOC(=O)C1Cc2c(C3CCC3)ccc(OC)c21. The fraction of sp³-hybridized carbons (Fsp3) is 0.562. The molecular weight excluding hydrogens is 240 g/mol. The van der Waals surface area contributed by atoms with Gasteiger partial charge in [-0.2, -0.15) is 0 Å². The van der Waals surface area contributed by atoms with E-state index in [9.17, 15) is 4.79 Å². The van der Waals surface area contributed by atoms with Crippen molar-refractivity contribution < 1.29 is 14.3 Å². The van der Waals surface area contributed by atoms with E-state index in [1.807, 2.05) is 13.0 Å². The Kier molecular flexibility index (Phi) is 3.21. The Bertz CT molecular complexity index is 503. The summed E-state index contributed by atoms with van der Waals surface area (Å²) in [7, 11) is 1.67. The second kappa shape index (κ2) is 4.87. The number of hydrogen-bond acceptors (Lipinski definition) is 3. The summed E-state index contributed by atoms with van der Waals surface area (Å²) < 4.78 is 10.6. The fourth-order valence-corrected chi connectivity index (χ4v) is 3.17. The first-order valence-electron chi connectivity index (χ1n) is 7.12. The molecule has 0 amide bonds. The lowest BCUT2D eigenvalue weighted by molar-refractivity contribution is -0.145. The van der Waals surface area contributed by atoms with Crippen LogP contribution in [-0.4, -0.2) is 19.7 Å². The number of carbonyl (C=O) groups is 1. The molecule has 2 aliphatic carbocycles. The third-order valence-electron chi connectivity index (χ3n) is 4.45. The number of benzene rings is 1. The van der Waals surface area contributed by atoms with Crippen LogP contribution in [0.25, 0.3) is 0 Å². The molecule has 0 saturated heterocycles. The summed E-state index contributed by atoms with van der Waals surface area (Å²) in [5, 5.41) is 0. The highest BCUT2D eigenvalue weighted by atomic mass is 16.5. The fourth-order valence-electron chi connectivity index (χ4n) is 3.17. The molecule has 1 saturated carbocycles. The van der Waals surface area contributed by atoms with Gasteiger partial charge in [0.1, 0.15) is 5.75 Å². The minimum absolute atomic E-state index is 0.112. The zero-order chi connectivity index (χ0) is 13.4. The lowest BCUT2D eigenvalue weighted by Gasteiger charge is -2.36. The number of esters is 1. The van der Waals surface area contributed by atoms with Crippen molar-refractivity contribution in [3.63, 3.8) is 0 Å². The number of ether oxygens (including phenoxy) is 2. The zero-order valence-electron chi connectivity index (χ0n) is 11.6. The van der Waals surface area contributed by atoms with Crippen LogP contribution >= 0.6 is 0 Å². The molecule has 0 bridgehead atoms. The van der Waals surface area contributed by atoms with Crippen LogP contribution in [0.1, 0.15) is 54.7 Å². The molecule has 3 nitrogen and oxygen atoms in total. The smallest absolute Gasteiger partial charge is 0.313 e. The summed E-state index contributed by atoms with van der Waals surface area (Å²) in [6.07, 6.45) is 4.70. The Balaban J connectivity index is 1.93. The van der Waals surface area contributed by atoms with E-state index in [1.165, 1.54) is 30.4 Å². The van der Waals surface area contributed by atoms with Gasteiger partial charge in [0.15, 0.2) is 0 Å². The molecule has 0 spiro atoms. The van der Waals surface area contributed by atoms with Crippen LogP contribution in [-0.2, 0) is 16.0 Å². The van der Waals surface area contributed by atoms with Gasteiger partial charge in [0.25, 0.3) is 0 Å². The van der Waals surface area contributed by atoms with Gasteiger partial charge in [-0.3, -0.25) is 4.79 Å². The van der Waals surface area contributed by atoms with Gasteiger partial charge in [-0.1, -0.05) is 12.5 Å². The summed E-state index contributed by atoms with van der Waals surface area (Å²) in [6.45, 7) is 2.29. The van der Waals surface area contributed by atoms with Crippen molar-refractivity contribution in [2.24, 2.45) is 0 Å². The van der Waals surface area contributed by atoms with E-state index in [-0.39, 0.29) is 11.9 Å². The number of fused-ring (bicyclic) bond motifs is 1. The molecular formula is C16H20O3. The molecule has 1 aromatic rings. The monoisotopic (exact) mass is 260 g/mol. The first kappa shape index (κ1) is 12.5. The van der Waals surface area contributed by atoms with E-state index < -0.39 is 0 Å². The van der Waals surface area contributed by atoms with E-state index in [0.717, 1.165) is 17.7 Å². The molecule has 3 heteroatoms. The highest BCUT2D eigenvalue weighted by Gasteiger charge is 2.40. The van der Waals surface area contributed by atoms with Crippen molar-refractivity contribution in [3.8, 4) is 5.75 Å².